The van der Waals surface area contributed by atoms with Crippen molar-refractivity contribution in [2.45, 2.75) is 6.42 Å². The molecule has 4 rings (SSSR count). The largest absolute Gasteiger partial charge is 0.281 e. The second kappa shape index (κ2) is 6.71. The third-order valence-electron chi connectivity index (χ3n) is 3.84. The fraction of sp³-hybridized carbons (Fsp3) is 0.0556. The second-order valence-electron chi connectivity index (χ2n) is 5.50. The first-order chi connectivity index (χ1) is 12.1. The first-order valence-corrected chi connectivity index (χ1v) is 9.53. The molecule has 0 saturated carbocycles. The van der Waals surface area contributed by atoms with Crippen LogP contribution in [0.15, 0.2) is 63.2 Å². The molecule has 0 bridgehead atoms. The van der Waals surface area contributed by atoms with Gasteiger partial charge in [0.25, 0.3) is 5.56 Å². The standard InChI is InChI=1S/C18H11BrClN3OS/c19-13-5-3-12(4-6-13)16-10-25-18-22-21-15(17(24)23(16)18)9-11-1-7-14(20)8-2-11/h1-8,10H,9H2. The quantitative estimate of drug-likeness (QED) is 0.466. The highest BCUT2D eigenvalue weighted by atomic mass is 79.9. The summed E-state index contributed by atoms with van der Waals surface area (Å²) in [6, 6.07) is 15.2. The summed E-state index contributed by atoms with van der Waals surface area (Å²) in [5.41, 5.74) is 3.03. The van der Waals surface area contributed by atoms with Crippen molar-refractivity contribution in [1.82, 2.24) is 14.6 Å². The average Bonchev–Trinajstić information content (AvgIpc) is 3.05. The van der Waals surface area contributed by atoms with Crippen molar-refractivity contribution in [3.63, 3.8) is 0 Å². The van der Waals surface area contributed by atoms with Gasteiger partial charge in [-0.3, -0.25) is 4.79 Å². The van der Waals surface area contributed by atoms with Gasteiger partial charge in [0.15, 0.2) is 0 Å². The van der Waals surface area contributed by atoms with Crippen LogP contribution in [0.3, 0.4) is 0 Å². The summed E-state index contributed by atoms with van der Waals surface area (Å²) >= 11 is 10.7. The van der Waals surface area contributed by atoms with Crippen LogP contribution in [0.25, 0.3) is 16.2 Å². The van der Waals surface area contributed by atoms with E-state index < -0.39 is 0 Å². The van der Waals surface area contributed by atoms with Crippen LogP contribution in [0.1, 0.15) is 11.3 Å². The van der Waals surface area contributed by atoms with Crippen molar-refractivity contribution in [3.8, 4) is 11.3 Å². The van der Waals surface area contributed by atoms with Crippen molar-refractivity contribution < 1.29 is 0 Å². The molecule has 0 unspecified atom stereocenters. The summed E-state index contributed by atoms with van der Waals surface area (Å²) in [5.74, 6) is 0. The first-order valence-electron chi connectivity index (χ1n) is 7.48. The lowest BCUT2D eigenvalue weighted by molar-refractivity contribution is 0.876. The third-order valence-corrected chi connectivity index (χ3v) is 5.44. The van der Waals surface area contributed by atoms with Gasteiger partial charge in [-0.1, -0.05) is 51.8 Å². The normalized spacial score (nSPS) is 11.1. The Labute approximate surface area is 160 Å². The van der Waals surface area contributed by atoms with E-state index in [1.54, 1.807) is 16.5 Å². The van der Waals surface area contributed by atoms with Crippen LogP contribution in [-0.2, 0) is 6.42 Å². The number of halogens is 2. The molecular formula is C18H11BrClN3OS. The minimum absolute atomic E-state index is 0.140. The van der Waals surface area contributed by atoms with Gasteiger partial charge in [0.1, 0.15) is 5.69 Å². The topological polar surface area (TPSA) is 47.3 Å². The molecule has 4 nitrogen and oxygen atoms in total. The van der Waals surface area contributed by atoms with Crippen molar-refractivity contribution in [2.75, 3.05) is 0 Å². The van der Waals surface area contributed by atoms with E-state index in [2.05, 4.69) is 26.1 Å². The van der Waals surface area contributed by atoms with Gasteiger partial charge in [-0.2, -0.15) is 0 Å². The monoisotopic (exact) mass is 431 g/mol. The van der Waals surface area contributed by atoms with Crippen molar-refractivity contribution in [3.05, 3.63) is 85.0 Å². The zero-order valence-electron chi connectivity index (χ0n) is 12.8. The van der Waals surface area contributed by atoms with Crippen LogP contribution in [0.2, 0.25) is 5.02 Å². The Morgan fingerprint density at radius 3 is 2.48 bits per heavy atom. The third kappa shape index (κ3) is 3.25. The molecule has 0 spiro atoms. The fourth-order valence-electron chi connectivity index (χ4n) is 2.58. The Bertz CT molecular complexity index is 1100. The highest BCUT2D eigenvalue weighted by Gasteiger charge is 2.14. The lowest BCUT2D eigenvalue weighted by Crippen LogP contribution is -2.21. The first kappa shape index (κ1) is 16.4. The van der Waals surface area contributed by atoms with Crippen molar-refractivity contribution in [2.24, 2.45) is 0 Å². The number of hydrogen-bond donors (Lipinski definition) is 0. The van der Waals surface area contributed by atoms with E-state index in [4.69, 9.17) is 11.6 Å². The number of rotatable bonds is 3. The summed E-state index contributed by atoms with van der Waals surface area (Å²) in [7, 11) is 0. The highest BCUT2D eigenvalue weighted by molar-refractivity contribution is 9.10. The molecule has 4 aromatic rings. The van der Waals surface area contributed by atoms with E-state index in [1.807, 2.05) is 41.8 Å². The zero-order chi connectivity index (χ0) is 17.4. The molecular weight excluding hydrogens is 422 g/mol. The van der Waals surface area contributed by atoms with E-state index in [0.29, 0.717) is 22.1 Å². The van der Waals surface area contributed by atoms with Crippen LogP contribution in [0.4, 0.5) is 0 Å². The van der Waals surface area contributed by atoms with Crippen LogP contribution < -0.4 is 5.56 Å². The highest BCUT2D eigenvalue weighted by Crippen LogP contribution is 2.25. The maximum atomic E-state index is 13.0. The van der Waals surface area contributed by atoms with Crippen LogP contribution >= 0.6 is 38.9 Å². The number of fused-ring (bicyclic) bond motifs is 1. The predicted octanol–water partition coefficient (Wildman–Crippen LogP) is 4.82. The molecule has 25 heavy (non-hydrogen) atoms. The molecule has 0 N–H and O–H groups in total. The average molecular weight is 433 g/mol. The van der Waals surface area contributed by atoms with Crippen LogP contribution in [0.5, 0.6) is 0 Å². The Morgan fingerprint density at radius 1 is 1.04 bits per heavy atom. The van der Waals surface area contributed by atoms with Gasteiger partial charge >= 0.3 is 0 Å². The summed E-state index contributed by atoms with van der Waals surface area (Å²) < 4.78 is 2.62. The Balaban J connectivity index is 1.81. The van der Waals surface area contributed by atoms with E-state index in [0.717, 1.165) is 21.3 Å². The van der Waals surface area contributed by atoms with Gasteiger partial charge < -0.3 is 0 Å². The minimum Gasteiger partial charge on any atom is -0.267 e. The molecule has 0 aliphatic heterocycles. The maximum Gasteiger partial charge on any atom is 0.281 e. The fourth-order valence-corrected chi connectivity index (χ4v) is 3.80. The molecule has 0 atom stereocenters. The molecule has 0 saturated heterocycles. The van der Waals surface area contributed by atoms with Gasteiger partial charge in [0, 0.05) is 21.3 Å². The molecule has 0 aliphatic rings. The van der Waals surface area contributed by atoms with Gasteiger partial charge in [0.05, 0.1) is 5.69 Å². The second-order valence-corrected chi connectivity index (χ2v) is 7.69. The summed E-state index contributed by atoms with van der Waals surface area (Å²) in [6.07, 6.45) is 0.418. The zero-order valence-corrected chi connectivity index (χ0v) is 16.0. The van der Waals surface area contributed by atoms with E-state index in [9.17, 15) is 4.79 Å². The van der Waals surface area contributed by atoms with Gasteiger partial charge in [-0.05, 0) is 35.4 Å². The minimum atomic E-state index is -0.140. The molecule has 0 fully saturated rings. The lowest BCUT2D eigenvalue weighted by Gasteiger charge is -2.04. The van der Waals surface area contributed by atoms with E-state index in [1.165, 1.54) is 11.3 Å². The van der Waals surface area contributed by atoms with Crippen LogP contribution in [0, 0.1) is 0 Å². The lowest BCUT2D eigenvalue weighted by atomic mass is 10.1. The molecule has 0 radical (unpaired) electrons. The Kier molecular flexibility index (Phi) is 4.41. The van der Waals surface area contributed by atoms with Gasteiger partial charge in [-0.15, -0.1) is 21.5 Å². The van der Waals surface area contributed by atoms with Crippen LogP contribution in [-0.4, -0.2) is 14.6 Å². The SMILES string of the molecule is O=c1c(Cc2ccc(Cl)cc2)nnc2scc(-c3ccc(Br)cc3)n12. The van der Waals surface area contributed by atoms with Crippen molar-refractivity contribution in [1.29, 1.82) is 0 Å². The summed E-state index contributed by atoms with van der Waals surface area (Å²) in [5, 5.41) is 10.9. The molecule has 2 heterocycles. The molecule has 2 aromatic carbocycles. The Morgan fingerprint density at radius 2 is 1.76 bits per heavy atom. The smallest absolute Gasteiger partial charge is 0.267 e. The van der Waals surface area contributed by atoms with Crippen molar-refractivity contribution >= 4 is 43.8 Å². The molecule has 0 amide bonds. The number of benzene rings is 2. The maximum absolute atomic E-state index is 13.0. The molecule has 124 valence electrons. The Hall–Kier alpha value is -2.02. The molecule has 2 aromatic heterocycles. The summed E-state index contributed by atoms with van der Waals surface area (Å²) in [4.78, 5) is 13.5. The number of aromatic nitrogens is 3. The molecule has 7 heteroatoms. The summed E-state index contributed by atoms with van der Waals surface area (Å²) in [6.45, 7) is 0. The number of thiazole rings is 1. The number of hydrogen-bond acceptors (Lipinski definition) is 4. The molecule has 0 aliphatic carbocycles. The van der Waals surface area contributed by atoms with Gasteiger partial charge in [0.2, 0.25) is 4.96 Å². The van der Waals surface area contributed by atoms with Gasteiger partial charge in [-0.25, -0.2) is 4.40 Å². The predicted molar refractivity (Wildman–Crippen MR) is 105 cm³/mol. The van der Waals surface area contributed by atoms with E-state index in [-0.39, 0.29) is 5.56 Å². The number of nitrogens with zero attached hydrogens (tertiary/aromatic N) is 3. The van der Waals surface area contributed by atoms with E-state index >= 15 is 0 Å².